The van der Waals surface area contributed by atoms with Crippen molar-refractivity contribution in [2.45, 2.75) is 37.8 Å². The summed E-state index contributed by atoms with van der Waals surface area (Å²) in [5.74, 6) is 0.833. The van der Waals surface area contributed by atoms with Gasteiger partial charge in [-0.25, -0.2) is 4.98 Å². The average Bonchev–Trinajstić information content (AvgIpc) is 2.68. The van der Waals surface area contributed by atoms with Crippen molar-refractivity contribution in [3.8, 4) is 11.8 Å². The van der Waals surface area contributed by atoms with E-state index >= 15 is 0 Å². The van der Waals surface area contributed by atoms with Crippen LogP contribution in [0.25, 0.3) is 16.6 Å². The third-order valence-electron chi connectivity index (χ3n) is 4.26. The lowest BCUT2D eigenvalue weighted by atomic mass is 10.1. The number of aromatic nitrogens is 2. The molecule has 0 spiro atoms. The molecule has 2 aromatic carbocycles. The van der Waals surface area contributed by atoms with Gasteiger partial charge in [0.1, 0.15) is 0 Å². The first-order chi connectivity index (χ1) is 12.7. The van der Waals surface area contributed by atoms with Crippen LogP contribution in [-0.4, -0.2) is 15.3 Å². The third-order valence-corrected chi connectivity index (χ3v) is 5.29. The summed E-state index contributed by atoms with van der Waals surface area (Å²) >= 11 is 1.57. The van der Waals surface area contributed by atoms with E-state index in [9.17, 15) is 4.79 Å². The predicted molar refractivity (Wildman–Crippen MR) is 107 cm³/mol. The number of aryl methyl sites for hydroxylation is 1. The van der Waals surface area contributed by atoms with Gasteiger partial charge >= 0.3 is 0 Å². The number of fused-ring (bicyclic) bond motifs is 1. The minimum absolute atomic E-state index is 0.0422. The summed E-state index contributed by atoms with van der Waals surface area (Å²) in [6.45, 7) is 2.11. The van der Waals surface area contributed by atoms with E-state index in [-0.39, 0.29) is 5.56 Å². The molecule has 0 amide bonds. The highest BCUT2D eigenvalue weighted by Crippen LogP contribution is 2.22. The highest BCUT2D eigenvalue weighted by molar-refractivity contribution is 7.99. The van der Waals surface area contributed by atoms with Crippen LogP contribution in [0.15, 0.2) is 58.5 Å². The van der Waals surface area contributed by atoms with Gasteiger partial charge in [-0.2, -0.15) is 5.26 Å². The molecule has 1 heterocycles. The molecule has 0 unspecified atom stereocenters. The second-order valence-corrected chi connectivity index (χ2v) is 7.10. The van der Waals surface area contributed by atoms with Gasteiger partial charge in [-0.1, -0.05) is 43.0 Å². The molecule has 0 fully saturated rings. The van der Waals surface area contributed by atoms with E-state index in [4.69, 9.17) is 10.2 Å². The van der Waals surface area contributed by atoms with E-state index in [2.05, 4.69) is 25.1 Å². The Balaban J connectivity index is 2.02. The van der Waals surface area contributed by atoms with Gasteiger partial charge in [-0.15, -0.1) is 0 Å². The second kappa shape index (κ2) is 8.68. The maximum absolute atomic E-state index is 13.1. The van der Waals surface area contributed by atoms with Crippen LogP contribution in [-0.2, 0) is 6.42 Å². The van der Waals surface area contributed by atoms with Gasteiger partial charge in [-0.3, -0.25) is 9.36 Å². The molecule has 0 atom stereocenters. The van der Waals surface area contributed by atoms with Gasteiger partial charge in [0, 0.05) is 12.2 Å². The SMILES string of the molecule is CCc1ccc(-n2c(SCCCCC#N)nc3ccccc3c2=O)cc1. The fourth-order valence-corrected chi connectivity index (χ4v) is 3.80. The van der Waals surface area contributed by atoms with Crippen LogP contribution < -0.4 is 5.56 Å². The van der Waals surface area contributed by atoms with E-state index in [0.29, 0.717) is 17.0 Å². The van der Waals surface area contributed by atoms with Crippen LogP contribution in [0.1, 0.15) is 31.7 Å². The molecule has 3 rings (SSSR count). The first-order valence-electron chi connectivity index (χ1n) is 8.85. The highest BCUT2D eigenvalue weighted by atomic mass is 32.2. The van der Waals surface area contributed by atoms with Gasteiger partial charge < -0.3 is 0 Å². The van der Waals surface area contributed by atoms with Crippen molar-refractivity contribution in [1.82, 2.24) is 9.55 Å². The lowest BCUT2D eigenvalue weighted by Gasteiger charge is -2.13. The molecule has 26 heavy (non-hydrogen) atoms. The monoisotopic (exact) mass is 363 g/mol. The lowest BCUT2D eigenvalue weighted by Crippen LogP contribution is -2.21. The summed E-state index contributed by atoms with van der Waals surface area (Å²) in [7, 11) is 0. The normalized spacial score (nSPS) is 10.8. The average molecular weight is 363 g/mol. The summed E-state index contributed by atoms with van der Waals surface area (Å²) in [5, 5.41) is 9.99. The fourth-order valence-electron chi connectivity index (χ4n) is 2.79. The molecule has 5 heteroatoms. The fraction of sp³-hybridized carbons (Fsp3) is 0.286. The number of para-hydroxylation sites is 1. The summed E-state index contributed by atoms with van der Waals surface area (Å²) < 4.78 is 1.71. The number of nitriles is 1. The van der Waals surface area contributed by atoms with Gasteiger partial charge in [0.25, 0.3) is 5.56 Å². The molecule has 0 radical (unpaired) electrons. The van der Waals surface area contributed by atoms with Crippen molar-refractivity contribution in [2.24, 2.45) is 0 Å². The lowest BCUT2D eigenvalue weighted by molar-refractivity contribution is 0.804. The van der Waals surface area contributed by atoms with E-state index in [1.54, 1.807) is 16.3 Å². The van der Waals surface area contributed by atoms with Crippen molar-refractivity contribution < 1.29 is 0 Å². The maximum atomic E-state index is 13.1. The molecule has 0 saturated heterocycles. The Kier molecular flexibility index (Phi) is 6.08. The van der Waals surface area contributed by atoms with Crippen molar-refractivity contribution in [3.05, 3.63) is 64.4 Å². The van der Waals surface area contributed by atoms with E-state index in [1.165, 1.54) is 5.56 Å². The Morgan fingerprint density at radius 1 is 1.12 bits per heavy atom. The minimum atomic E-state index is -0.0422. The molecule has 0 aliphatic carbocycles. The number of hydrogen-bond acceptors (Lipinski definition) is 4. The van der Waals surface area contributed by atoms with Crippen molar-refractivity contribution in [2.75, 3.05) is 5.75 Å². The van der Waals surface area contributed by atoms with Crippen LogP contribution in [0, 0.1) is 11.3 Å². The Bertz CT molecular complexity index is 987. The van der Waals surface area contributed by atoms with Crippen molar-refractivity contribution in [1.29, 1.82) is 5.26 Å². The number of nitrogens with zero attached hydrogens (tertiary/aromatic N) is 3. The van der Waals surface area contributed by atoms with Crippen molar-refractivity contribution >= 4 is 22.7 Å². The molecule has 3 aromatic rings. The number of thioether (sulfide) groups is 1. The van der Waals surface area contributed by atoms with Crippen LogP contribution in [0.4, 0.5) is 0 Å². The molecule has 1 aromatic heterocycles. The number of rotatable bonds is 7. The van der Waals surface area contributed by atoms with Crippen LogP contribution >= 0.6 is 11.8 Å². The van der Waals surface area contributed by atoms with Gasteiger partial charge in [0.2, 0.25) is 0 Å². The van der Waals surface area contributed by atoms with Gasteiger partial charge in [0.05, 0.1) is 22.7 Å². The standard InChI is InChI=1S/C21H21N3OS/c1-2-16-10-12-17(13-11-16)24-20(25)18-8-4-5-9-19(18)23-21(24)26-15-7-3-6-14-22/h4-5,8-13H,2-3,6-7,15H2,1H3. The Morgan fingerprint density at radius 2 is 1.88 bits per heavy atom. The minimum Gasteiger partial charge on any atom is -0.268 e. The van der Waals surface area contributed by atoms with E-state index in [0.717, 1.165) is 36.2 Å². The molecule has 0 saturated carbocycles. The van der Waals surface area contributed by atoms with Crippen LogP contribution in [0.5, 0.6) is 0 Å². The molecule has 132 valence electrons. The largest absolute Gasteiger partial charge is 0.268 e. The summed E-state index contributed by atoms with van der Waals surface area (Å²) in [6.07, 6.45) is 3.32. The molecule has 0 aliphatic rings. The highest BCUT2D eigenvalue weighted by Gasteiger charge is 2.13. The molecule has 0 N–H and O–H groups in total. The van der Waals surface area contributed by atoms with Crippen molar-refractivity contribution in [3.63, 3.8) is 0 Å². The third kappa shape index (κ3) is 3.97. The summed E-state index contributed by atoms with van der Waals surface area (Å²) in [5.41, 5.74) is 2.75. The Morgan fingerprint density at radius 3 is 2.62 bits per heavy atom. The van der Waals surface area contributed by atoms with Crippen LogP contribution in [0.2, 0.25) is 0 Å². The zero-order valence-corrected chi connectivity index (χ0v) is 15.6. The first-order valence-corrected chi connectivity index (χ1v) is 9.84. The summed E-state index contributed by atoms with van der Waals surface area (Å²) in [6, 6.07) is 17.7. The van der Waals surface area contributed by atoms with Gasteiger partial charge in [-0.05, 0) is 49.1 Å². The first kappa shape index (κ1) is 18.2. The number of benzene rings is 2. The molecule has 0 bridgehead atoms. The van der Waals surface area contributed by atoms with Gasteiger partial charge in [0.15, 0.2) is 5.16 Å². The quantitative estimate of drug-likeness (QED) is 0.346. The zero-order chi connectivity index (χ0) is 18.4. The predicted octanol–water partition coefficient (Wildman–Crippen LogP) is 4.73. The number of hydrogen-bond donors (Lipinski definition) is 0. The Hall–Kier alpha value is -2.58. The number of unbranched alkanes of at least 4 members (excludes halogenated alkanes) is 2. The topological polar surface area (TPSA) is 58.7 Å². The summed E-state index contributed by atoms with van der Waals surface area (Å²) in [4.78, 5) is 17.8. The Labute approximate surface area is 157 Å². The maximum Gasteiger partial charge on any atom is 0.266 e. The molecular formula is C21H21N3OS. The molecule has 4 nitrogen and oxygen atoms in total. The molecular weight excluding hydrogens is 342 g/mol. The smallest absolute Gasteiger partial charge is 0.266 e. The van der Waals surface area contributed by atoms with Crippen LogP contribution in [0.3, 0.4) is 0 Å². The van der Waals surface area contributed by atoms with E-state index in [1.807, 2.05) is 36.4 Å². The van der Waals surface area contributed by atoms with E-state index < -0.39 is 0 Å². The zero-order valence-electron chi connectivity index (χ0n) is 14.8. The second-order valence-electron chi connectivity index (χ2n) is 6.04. The molecule has 0 aliphatic heterocycles.